The fraction of sp³-hybridized carbons (Fsp3) is 0. The van der Waals surface area contributed by atoms with Crippen molar-refractivity contribution in [2.75, 3.05) is 0 Å². The first-order valence-electron chi connectivity index (χ1n) is 5.48. The Morgan fingerprint density at radius 3 is 1.22 bits per heavy atom. The van der Waals surface area contributed by atoms with Crippen molar-refractivity contribution in [3.63, 3.8) is 0 Å². The Labute approximate surface area is 129 Å². The summed E-state index contributed by atoms with van der Waals surface area (Å²) in [4.78, 5) is 0. The van der Waals surface area contributed by atoms with Gasteiger partial charge in [0.25, 0.3) is 0 Å². The monoisotopic (exact) mass is 398 g/mol. The van der Waals surface area contributed by atoms with Crippen LogP contribution in [0, 0.1) is 8.40 Å². The maximum absolute atomic E-state index is 3.30. The molecule has 0 N–H and O–H groups in total. The van der Waals surface area contributed by atoms with Gasteiger partial charge in [0.15, 0.2) is 0 Å². The zero-order valence-corrected chi connectivity index (χ0v) is 13.6. The van der Waals surface area contributed by atoms with Gasteiger partial charge in [0, 0.05) is 0 Å². The average Bonchev–Trinajstić information content (AvgIpc) is 2.46. The van der Waals surface area contributed by atoms with Gasteiger partial charge >= 0.3 is 130 Å². The van der Waals surface area contributed by atoms with E-state index in [2.05, 4.69) is 32.7 Å². The van der Waals surface area contributed by atoms with E-state index in [1.807, 2.05) is 74.7 Å². The van der Waals surface area contributed by atoms with E-state index in [1.165, 1.54) is 11.1 Å². The van der Waals surface area contributed by atoms with Crippen LogP contribution in [-0.2, 0) is 38.3 Å². The van der Waals surface area contributed by atoms with Gasteiger partial charge in [-0.25, -0.2) is 0 Å². The molecule has 2 rings (SSSR count). The fourth-order valence-corrected chi connectivity index (χ4v) is 2.80. The summed E-state index contributed by atoms with van der Waals surface area (Å²) in [7, 11) is 0. The molecule has 0 bridgehead atoms. The summed E-state index contributed by atoms with van der Waals surface area (Å²) in [5.41, 5.74) is 4.57. The van der Waals surface area contributed by atoms with Gasteiger partial charge in [0.2, 0.25) is 0 Å². The van der Waals surface area contributed by atoms with Gasteiger partial charge in [0.05, 0.1) is 0 Å². The molecule has 0 saturated carbocycles. The number of benzene rings is 2. The van der Waals surface area contributed by atoms with Gasteiger partial charge in [-0.1, -0.05) is 0 Å². The van der Waals surface area contributed by atoms with Crippen molar-refractivity contribution in [1.29, 1.82) is 0 Å². The molecule has 0 nitrogen and oxygen atoms in total. The quantitative estimate of drug-likeness (QED) is 0.540. The van der Waals surface area contributed by atoms with E-state index in [0.29, 0.717) is 0 Å². The van der Waals surface area contributed by atoms with Crippen LogP contribution in [0.15, 0.2) is 60.7 Å². The van der Waals surface area contributed by atoms with Crippen LogP contribution in [0.3, 0.4) is 0 Å². The molecule has 2 heteroatoms. The molecule has 86 valence electrons. The van der Waals surface area contributed by atoms with E-state index in [1.54, 1.807) is 0 Å². The molecular formula is C16H10Mo2. The summed E-state index contributed by atoms with van der Waals surface area (Å²) in [6, 6.07) is 20.7. The third-order valence-electron chi connectivity index (χ3n) is 2.58. The normalized spacial score (nSPS) is 11.0. The number of allylic oxidation sites excluding steroid dienone is 2. The van der Waals surface area contributed by atoms with E-state index >= 15 is 0 Å². The number of hydrogen-bond acceptors (Lipinski definition) is 0. The first kappa shape index (κ1) is 13.5. The Kier molecular flexibility index (Phi) is 5.19. The topological polar surface area (TPSA) is 0 Å². The van der Waals surface area contributed by atoms with E-state index in [0.717, 1.165) is 11.1 Å². The van der Waals surface area contributed by atoms with E-state index in [9.17, 15) is 0 Å². The van der Waals surface area contributed by atoms with E-state index in [4.69, 9.17) is 0 Å². The first-order valence-corrected chi connectivity index (χ1v) is 7.49. The molecule has 0 fully saturated rings. The summed E-state index contributed by atoms with van der Waals surface area (Å²) in [6.45, 7) is 0. The molecule has 2 aromatic rings. The Morgan fingerprint density at radius 1 is 0.611 bits per heavy atom. The standard InChI is InChI=1S/C16H10.2Mo/c1-13(15-9-5-3-6-10-15)14(2)16-11-7-4-8-12-16;;/h3-12H;;/b14-13+;;. The Balaban J connectivity index is 2.63. The molecule has 2 aromatic carbocycles. The van der Waals surface area contributed by atoms with E-state index in [-0.39, 0.29) is 0 Å². The van der Waals surface area contributed by atoms with Crippen LogP contribution < -0.4 is 0 Å². The van der Waals surface area contributed by atoms with Crippen LogP contribution in [0.5, 0.6) is 0 Å². The van der Waals surface area contributed by atoms with Gasteiger partial charge in [-0.15, -0.1) is 0 Å². The molecule has 18 heavy (non-hydrogen) atoms. The molecule has 0 aromatic heterocycles. The van der Waals surface area contributed by atoms with Gasteiger partial charge in [-0.2, -0.15) is 0 Å². The summed E-state index contributed by atoms with van der Waals surface area (Å²) in [5, 5.41) is 0. The molecule has 0 heterocycles. The minimum absolute atomic E-state index is 1.11. The van der Waals surface area contributed by atoms with Crippen LogP contribution in [0.25, 0.3) is 11.1 Å². The molecule has 0 aliphatic heterocycles. The molecule has 0 spiro atoms. The Bertz CT molecular complexity index is 581. The van der Waals surface area contributed by atoms with Gasteiger partial charge in [0.1, 0.15) is 0 Å². The van der Waals surface area contributed by atoms with Crippen molar-refractivity contribution in [2.24, 2.45) is 0 Å². The van der Waals surface area contributed by atoms with Crippen molar-refractivity contribution in [3.05, 3.63) is 71.8 Å². The summed E-state index contributed by atoms with van der Waals surface area (Å²) in [6.07, 6.45) is 0. The predicted molar refractivity (Wildman–Crippen MR) is 67.5 cm³/mol. The molecule has 0 radical (unpaired) electrons. The van der Waals surface area contributed by atoms with Gasteiger partial charge in [-0.3, -0.25) is 0 Å². The minimum atomic E-state index is 1.11. The van der Waals surface area contributed by atoms with Crippen LogP contribution in [-0.4, -0.2) is 0 Å². The molecule has 0 amide bonds. The van der Waals surface area contributed by atoms with Crippen LogP contribution in [0.2, 0.25) is 0 Å². The molecule has 0 aliphatic carbocycles. The zero-order chi connectivity index (χ0) is 12.8. The van der Waals surface area contributed by atoms with Gasteiger partial charge < -0.3 is 0 Å². The van der Waals surface area contributed by atoms with Crippen molar-refractivity contribution in [3.8, 4) is 8.40 Å². The zero-order valence-electron chi connectivity index (χ0n) is 9.59. The van der Waals surface area contributed by atoms with Crippen LogP contribution in [0.1, 0.15) is 11.1 Å². The molecule has 0 saturated heterocycles. The van der Waals surface area contributed by atoms with Crippen LogP contribution >= 0.6 is 0 Å². The molecular weight excluding hydrogens is 384 g/mol. The fourth-order valence-electron chi connectivity index (χ4n) is 1.72. The van der Waals surface area contributed by atoms with Crippen molar-refractivity contribution >= 4 is 11.1 Å². The second-order valence-corrected chi connectivity index (χ2v) is 4.69. The molecule has 0 unspecified atom stereocenters. The SMILES string of the molecule is [Mo]#[C]/C(=C(/[C]#[Mo])c1ccccc1)c1ccccc1. The maximum atomic E-state index is 3.30. The number of rotatable bonds is 2. The average molecular weight is 394 g/mol. The summed E-state index contributed by atoms with van der Waals surface area (Å²) >= 11 is 3.75. The first-order chi connectivity index (χ1) is 8.86. The second-order valence-electron chi connectivity index (χ2n) is 3.69. The molecule has 0 atom stereocenters. The summed E-state index contributed by atoms with van der Waals surface area (Å²) in [5.74, 6) is 0. The second kappa shape index (κ2) is 6.89. The van der Waals surface area contributed by atoms with E-state index < -0.39 is 0 Å². The third kappa shape index (κ3) is 3.11. The Hall–Kier alpha value is -0.883. The van der Waals surface area contributed by atoms with Crippen molar-refractivity contribution < 1.29 is 38.3 Å². The Morgan fingerprint density at radius 2 is 0.944 bits per heavy atom. The molecule has 0 aliphatic rings. The third-order valence-corrected chi connectivity index (χ3v) is 3.58. The van der Waals surface area contributed by atoms with Crippen molar-refractivity contribution in [2.45, 2.75) is 0 Å². The number of hydrogen-bond donors (Lipinski definition) is 0. The van der Waals surface area contributed by atoms with Gasteiger partial charge in [-0.05, 0) is 0 Å². The summed E-state index contributed by atoms with van der Waals surface area (Å²) < 4.78 is 6.59. The predicted octanol–water partition coefficient (Wildman–Crippen LogP) is 3.61. The van der Waals surface area contributed by atoms with Crippen LogP contribution in [0.4, 0.5) is 0 Å². The van der Waals surface area contributed by atoms with Crippen molar-refractivity contribution in [1.82, 2.24) is 0 Å².